The summed E-state index contributed by atoms with van der Waals surface area (Å²) in [6.45, 7) is 7.49. The van der Waals surface area contributed by atoms with Gasteiger partial charge in [0.1, 0.15) is 12.2 Å². The molecule has 1 fully saturated rings. The minimum absolute atomic E-state index is 0.0221. The van der Waals surface area contributed by atoms with Crippen molar-refractivity contribution in [3.05, 3.63) is 67.3 Å². The molecular weight excluding hydrogens is 340 g/mol. The third kappa shape index (κ3) is 5.93. The Kier molecular flexibility index (Phi) is 6.72. The zero-order valence-electron chi connectivity index (χ0n) is 14.3. The molecule has 2 atom stereocenters. The van der Waals surface area contributed by atoms with Gasteiger partial charge in [-0.2, -0.15) is 8.42 Å². The molecule has 0 aromatic heterocycles. The van der Waals surface area contributed by atoms with Crippen LogP contribution in [0.2, 0.25) is 0 Å². The van der Waals surface area contributed by atoms with E-state index in [-0.39, 0.29) is 25.2 Å². The van der Waals surface area contributed by atoms with E-state index in [2.05, 4.69) is 13.2 Å². The van der Waals surface area contributed by atoms with Crippen molar-refractivity contribution >= 4 is 16.2 Å². The van der Waals surface area contributed by atoms with Crippen LogP contribution in [0.3, 0.4) is 0 Å². The topological polar surface area (TPSA) is 61.8 Å². The van der Waals surface area contributed by atoms with Crippen LogP contribution in [0.1, 0.15) is 18.4 Å². The van der Waals surface area contributed by atoms with Crippen LogP contribution in [-0.2, 0) is 23.8 Å². The van der Waals surface area contributed by atoms with Crippen LogP contribution in [0.25, 0.3) is 6.08 Å². The fourth-order valence-corrected chi connectivity index (χ4v) is 3.01. The van der Waals surface area contributed by atoms with Crippen LogP contribution in [0, 0.1) is 0 Å². The summed E-state index contributed by atoms with van der Waals surface area (Å²) >= 11 is 0. The quantitative estimate of drug-likeness (QED) is 0.497. The average molecular weight is 364 g/mol. The highest BCUT2D eigenvalue weighted by Crippen LogP contribution is 2.36. The summed E-state index contributed by atoms with van der Waals surface area (Å²) in [6, 6.07) is 9.85. The predicted molar refractivity (Wildman–Crippen MR) is 98.4 cm³/mol. The first-order valence-corrected chi connectivity index (χ1v) is 9.86. The Balaban J connectivity index is 2.10. The maximum atomic E-state index is 11.2. The molecule has 0 bridgehead atoms. The van der Waals surface area contributed by atoms with Gasteiger partial charge in [-0.15, -0.1) is 13.2 Å². The van der Waals surface area contributed by atoms with Gasteiger partial charge in [0.15, 0.2) is 5.79 Å². The molecule has 2 rings (SSSR count). The first-order chi connectivity index (χ1) is 11.9. The maximum Gasteiger partial charge on any atom is 0.264 e. The van der Waals surface area contributed by atoms with Gasteiger partial charge < -0.3 is 9.47 Å². The second-order valence-corrected chi connectivity index (χ2v) is 7.48. The third-order valence-electron chi connectivity index (χ3n) is 3.81. The molecule has 0 unspecified atom stereocenters. The number of rotatable bonds is 9. The molecule has 1 aromatic carbocycles. The Morgan fingerprint density at radius 2 is 1.76 bits per heavy atom. The highest BCUT2D eigenvalue weighted by Gasteiger charge is 2.44. The van der Waals surface area contributed by atoms with Crippen molar-refractivity contribution in [3.63, 3.8) is 0 Å². The molecule has 0 N–H and O–H groups in total. The number of hydrogen-bond donors (Lipinski definition) is 0. The molecule has 1 aliphatic heterocycles. The van der Waals surface area contributed by atoms with Crippen molar-refractivity contribution in [1.29, 1.82) is 0 Å². The summed E-state index contributed by atoms with van der Waals surface area (Å²) in [7, 11) is -3.51. The van der Waals surface area contributed by atoms with Gasteiger partial charge >= 0.3 is 0 Å². The van der Waals surface area contributed by atoms with Gasteiger partial charge in [-0.3, -0.25) is 4.18 Å². The molecule has 0 amide bonds. The Morgan fingerprint density at radius 1 is 1.16 bits per heavy atom. The van der Waals surface area contributed by atoms with E-state index in [1.807, 2.05) is 42.5 Å². The molecule has 136 valence electrons. The maximum absolute atomic E-state index is 11.2. The average Bonchev–Trinajstić information content (AvgIpc) is 2.93. The van der Waals surface area contributed by atoms with Crippen molar-refractivity contribution in [1.82, 2.24) is 0 Å². The minimum atomic E-state index is -3.51. The Hall–Kier alpha value is -1.73. The van der Waals surface area contributed by atoms with Gasteiger partial charge in [-0.05, 0) is 5.56 Å². The molecule has 1 saturated heterocycles. The smallest absolute Gasteiger partial charge is 0.264 e. The fraction of sp³-hybridized carbons (Fsp3) is 0.368. The molecular formula is C19H24O5S. The minimum Gasteiger partial charge on any atom is -0.339 e. The Bertz CT molecular complexity index is 693. The van der Waals surface area contributed by atoms with E-state index >= 15 is 0 Å². The zero-order chi connectivity index (χ0) is 18.3. The van der Waals surface area contributed by atoms with Crippen molar-refractivity contribution in [2.45, 2.75) is 30.8 Å². The van der Waals surface area contributed by atoms with Gasteiger partial charge in [0, 0.05) is 12.8 Å². The van der Waals surface area contributed by atoms with E-state index in [0.29, 0.717) is 6.42 Å². The number of ether oxygens (including phenoxy) is 2. The summed E-state index contributed by atoms with van der Waals surface area (Å²) in [5.41, 5.74) is 1.06. The summed E-state index contributed by atoms with van der Waals surface area (Å²) in [5, 5.41) is 0. The van der Waals surface area contributed by atoms with Crippen molar-refractivity contribution < 1.29 is 22.1 Å². The largest absolute Gasteiger partial charge is 0.339 e. The van der Waals surface area contributed by atoms with E-state index in [4.69, 9.17) is 13.7 Å². The first-order valence-electron chi connectivity index (χ1n) is 8.04. The molecule has 1 heterocycles. The van der Waals surface area contributed by atoms with Crippen LogP contribution in [0.5, 0.6) is 0 Å². The SMILES string of the molecule is C=C[C@H]1OC(C/C=C/c2ccccc2)(CCOS(C)(=O)=O)O[C@@H]1C=C. The molecule has 6 heteroatoms. The molecule has 1 aromatic rings. The van der Waals surface area contributed by atoms with Crippen LogP contribution < -0.4 is 0 Å². The number of benzene rings is 1. The van der Waals surface area contributed by atoms with E-state index in [1.165, 1.54) is 0 Å². The molecule has 1 aliphatic rings. The van der Waals surface area contributed by atoms with Gasteiger partial charge in [0.05, 0.1) is 12.9 Å². The molecule has 5 nitrogen and oxygen atoms in total. The van der Waals surface area contributed by atoms with Gasteiger partial charge in [-0.1, -0.05) is 54.6 Å². The molecule has 0 spiro atoms. The Morgan fingerprint density at radius 3 is 2.28 bits per heavy atom. The summed E-state index contributed by atoms with van der Waals surface area (Å²) in [4.78, 5) is 0. The lowest BCUT2D eigenvalue weighted by molar-refractivity contribution is -0.174. The second kappa shape index (κ2) is 8.58. The van der Waals surface area contributed by atoms with Gasteiger partial charge in [0.2, 0.25) is 0 Å². The van der Waals surface area contributed by atoms with Gasteiger partial charge in [0.25, 0.3) is 10.1 Å². The van der Waals surface area contributed by atoms with E-state index in [0.717, 1.165) is 11.8 Å². The summed E-state index contributed by atoms with van der Waals surface area (Å²) in [5.74, 6) is -0.978. The highest BCUT2D eigenvalue weighted by atomic mass is 32.2. The van der Waals surface area contributed by atoms with Crippen LogP contribution in [0.15, 0.2) is 61.7 Å². The molecule has 0 aliphatic carbocycles. The fourth-order valence-electron chi connectivity index (χ4n) is 2.63. The second-order valence-electron chi connectivity index (χ2n) is 5.84. The van der Waals surface area contributed by atoms with Crippen molar-refractivity contribution in [3.8, 4) is 0 Å². The Labute approximate surface area is 149 Å². The number of hydrogen-bond acceptors (Lipinski definition) is 5. The molecule has 0 radical (unpaired) electrons. The molecule has 0 saturated carbocycles. The van der Waals surface area contributed by atoms with Crippen molar-refractivity contribution in [2.24, 2.45) is 0 Å². The normalized spacial score (nSPS) is 22.9. The van der Waals surface area contributed by atoms with E-state index < -0.39 is 15.9 Å². The van der Waals surface area contributed by atoms with Crippen molar-refractivity contribution in [2.75, 3.05) is 12.9 Å². The standard InChI is InChI=1S/C19H24O5S/c1-4-17-18(5-2)24-19(23-17,14-15-22-25(3,20)21)13-9-12-16-10-7-6-8-11-16/h4-12,17-18H,1-2,13-15H2,3H3/b12-9+/t17-,18-/m1/s1. The lowest BCUT2D eigenvalue weighted by Crippen LogP contribution is -2.32. The van der Waals surface area contributed by atoms with E-state index in [1.54, 1.807) is 12.2 Å². The highest BCUT2D eigenvalue weighted by molar-refractivity contribution is 7.85. The monoisotopic (exact) mass is 364 g/mol. The zero-order valence-corrected chi connectivity index (χ0v) is 15.2. The van der Waals surface area contributed by atoms with Crippen LogP contribution in [-0.4, -0.2) is 39.3 Å². The third-order valence-corrected chi connectivity index (χ3v) is 4.40. The lowest BCUT2D eigenvalue weighted by atomic mass is 10.1. The lowest BCUT2D eigenvalue weighted by Gasteiger charge is -2.26. The first kappa shape index (κ1) is 19.6. The summed E-state index contributed by atoms with van der Waals surface area (Å²) < 4.78 is 39.3. The summed E-state index contributed by atoms with van der Waals surface area (Å²) in [6.07, 6.45) is 8.31. The van der Waals surface area contributed by atoms with Crippen LogP contribution in [0.4, 0.5) is 0 Å². The predicted octanol–water partition coefficient (Wildman–Crippen LogP) is 3.31. The molecule has 25 heavy (non-hydrogen) atoms. The van der Waals surface area contributed by atoms with E-state index in [9.17, 15) is 8.42 Å². The van der Waals surface area contributed by atoms with Gasteiger partial charge in [-0.25, -0.2) is 0 Å². The van der Waals surface area contributed by atoms with Crippen LogP contribution >= 0.6 is 0 Å².